The normalized spacial score (nSPS) is 10.6. The minimum absolute atomic E-state index is 0.234. The Bertz CT molecular complexity index is 1730. The van der Waals surface area contributed by atoms with E-state index in [1.165, 1.54) is 30.9 Å². The number of rotatable bonds is 19. The van der Waals surface area contributed by atoms with Crippen LogP contribution in [0.5, 0.6) is 5.75 Å². The number of aldehydes is 1. The van der Waals surface area contributed by atoms with Gasteiger partial charge in [0.15, 0.2) is 11.6 Å². The van der Waals surface area contributed by atoms with Gasteiger partial charge >= 0.3 is 0 Å². The first-order chi connectivity index (χ1) is 24.9. The summed E-state index contributed by atoms with van der Waals surface area (Å²) in [4.78, 5) is 9.06. The molecule has 0 N–H and O–H groups in total. The molecular weight excluding hydrogens is 642 g/mol. The lowest BCUT2D eigenvalue weighted by molar-refractivity contribution is -0.104. The number of hydrogen-bond acceptors (Lipinski definition) is 4. The Kier molecular flexibility index (Phi) is 18.7. The van der Waals surface area contributed by atoms with Crippen LogP contribution in [0, 0.1) is 23.5 Å². The second kappa shape index (κ2) is 23.6. The fourth-order valence-electron chi connectivity index (χ4n) is 5.51. The molecule has 4 nitrogen and oxygen atoms in total. The average Bonchev–Trinajstić information content (AvgIpc) is 3.16. The Labute approximate surface area is 303 Å². The SMILES string of the molecule is C=CC=O.CC#CCc1cc(/C=C/c2ccc(OCCCOC)cc2)ccc1-c1ccc(-c2ccc(CCCCCCCOC)cc2)c(F)c1F. The molecule has 0 aliphatic carbocycles. The summed E-state index contributed by atoms with van der Waals surface area (Å²) >= 11 is 0. The van der Waals surface area contributed by atoms with E-state index in [4.69, 9.17) is 19.0 Å². The van der Waals surface area contributed by atoms with E-state index in [0.29, 0.717) is 37.0 Å². The molecule has 268 valence electrons. The molecule has 0 fully saturated rings. The molecule has 0 atom stereocenters. The van der Waals surface area contributed by atoms with Crippen LogP contribution in [0.3, 0.4) is 0 Å². The van der Waals surface area contributed by atoms with Crippen molar-refractivity contribution in [1.29, 1.82) is 0 Å². The molecule has 4 rings (SSSR count). The third-order valence-electron chi connectivity index (χ3n) is 8.24. The van der Waals surface area contributed by atoms with E-state index in [9.17, 15) is 0 Å². The van der Waals surface area contributed by atoms with Crippen LogP contribution in [0.1, 0.15) is 67.7 Å². The van der Waals surface area contributed by atoms with Crippen molar-refractivity contribution < 1.29 is 27.8 Å². The van der Waals surface area contributed by atoms with Crippen LogP contribution in [0.25, 0.3) is 34.4 Å². The van der Waals surface area contributed by atoms with E-state index in [0.717, 1.165) is 54.7 Å². The van der Waals surface area contributed by atoms with Crippen LogP contribution in [0.2, 0.25) is 0 Å². The van der Waals surface area contributed by atoms with Crippen molar-refractivity contribution in [2.75, 3.05) is 34.0 Å². The molecule has 51 heavy (non-hydrogen) atoms. The van der Waals surface area contributed by atoms with Crippen molar-refractivity contribution >= 4 is 18.4 Å². The van der Waals surface area contributed by atoms with Crippen molar-refractivity contribution in [2.24, 2.45) is 0 Å². The van der Waals surface area contributed by atoms with Crippen molar-refractivity contribution in [3.63, 3.8) is 0 Å². The van der Waals surface area contributed by atoms with E-state index < -0.39 is 11.6 Å². The largest absolute Gasteiger partial charge is 0.494 e. The first-order valence-corrected chi connectivity index (χ1v) is 17.5. The second-order valence-electron chi connectivity index (χ2n) is 12.0. The van der Waals surface area contributed by atoms with Gasteiger partial charge in [-0.1, -0.05) is 111 Å². The maximum Gasteiger partial charge on any atom is 0.167 e. The number of carbonyl (C=O) groups is 1. The van der Waals surface area contributed by atoms with Gasteiger partial charge in [-0.15, -0.1) is 5.92 Å². The van der Waals surface area contributed by atoms with Crippen LogP contribution >= 0.6 is 0 Å². The quantitative estimate of drug-likeness (QED) is 0.0323. The molecule has 0 aromatic heterocycles. The van der Waals surface area contributed by atoms with E-state index in [1.807, 2.05) is 78.9 Å². The maximum absolute atomic E-state index is 15.7. The first kappa shape index (κ1) is 40.6. The van der Waals surface area contributed by atoms with Gasteiger partial charge in [0, 0.05) is 51.4 Å². The van der Waals surface area contributed by atoms with Gasteiger partial charge in [0.25, 0.3) is 0 Å². The minimum Gasteiger partial charge on any atom is -0.494 e. The predicted molar refractivity (Wildman–Crippen MR) is 207 cm³/mol. The van der Waals surface area contributed by atoms with E-state index in [1.54, 1.807) is 33.3 Å². The van der Waals surface area contributed by atoms with E-state index >= 15 is 8.78 Å². The van der Waals surface area contributed by atoms with Crippen molar-refractivity contribution in [3.8, 4) is 39.8 Å². The average molecular weight is 693 g/mol. The van der Waals surface area contributed by atoms with E-state index in [2.05, 4.69) is 18.4 Å². The molecule has 0 saturated heterocycles. The van der Waals surface area contributed by atoms with Crippen LogP contribution in [-0.2, 0) is 27.1 Å². The molecule has 6 heteroatoms. The summed E-state index contributed by atoms with van der Waals surface area (Å²) in [5.74, 6) is 5.15. The van der Waals surface area contributed by atoms with Crippen molar-refractivity contribution in [1.82, 2.24) is 0 Å². The molecule has 0 radical (unpaired) electrons. The number of ether oxygens (including phenoxy) is 3. The van der Waals surface area contributed by atoms with Gasteiger partial charge < -0.3 is 14.2 Å². The third kappa shape index (κ3) is 13.8. The second-order valence-corrected chi connectivity index (χ2v) is 12.0. The summed E-state index contributed by atoms with van der Waals surface area (Å²) in [5.41, 5.74) is 5.83. The smallest absolute Gasteiger partial charge is 0.167 e. The summed E-state index contributed by atoms with van der Waals surface area (Å²) in [6, 6.07) is 24.8. The predicted octanol–water partition coefficient (Wildman–Crippen LogP) is 11.0. The molecule has 0 amide bonds. The molecular formula is C45H50F2O4. The third-order valence-corrected chi connectivity index (χ3v) is 8.24. The summed E-state index contributed by atoms with van der Waals surface area (Å²) in [5, 5.41) is 0. The highest BCUT2D eigenvalue weighted by molar-refractivity contribution is 5.77. The molecule has 0 spiro atoms. The van der Waals surface area contributed by atoms with Crippen LogP contribution in [-0.4, -0.2) is 40.3 Å². The van der Waals surface area contributed by atoms with Crippen LogP contribution in [0.15, 0.2) is 91.5 Å². The molecule has 0 saturated carbocycles. The molecule has 0 unspecified atom stereocenters. The van der Waals surface area contributed by atoms with Gasteiger partial charge in [0.1, 0.15) is 12.0 Å². The molecule has 0 heterocycles. The zero-order valence-electron chi connectivity index (χ0n) is 30.2. The Hall–Kier alpha value is -4.83. The summed E-state index contributed by atoms with van der Waals surface area (Å²) < 4.78 is 47.2. The summed E-state index contributed by atoms with van der Waals surface area (Å²) in [7, 11) is 3.42. The van der Waals surface area contributed by atoms with Gasteiger partial charge in [-0.25, -0.2) is 8.78 Å². The number of unbranched alkanes of at least 4 members (excludes halogenated alkanes) is 4. The standard InChI is InChI=1S/C42H46F2O3.C3H4O/c1-4-5-13-36-31-34(15-14-33-18-23-37(24-19-33)47-30-11-29-46-3)20-25-38(36)40-27-26-39(41(43)42(40)44)35-21-16-32(17-22-35)12-9-7-6-8-10-28-45-2;1-2-3-4/h14-27,31H,6-13,28-30H2,1-3H3;2-3H,1H2/b15-14+;. The number of hydrogen-bond donors (Lipinski definition) is 0. The lowest BCUT2D eigenvalue weighted by Gasteiger charge is -2.13. The Morgan fingerprint density at radius 1 is 0.686 bits per heavy atom. The molecule has 0 bridgehead atoms. The van der Waals surface area contributed by atoms with Crippen LogP contribution < -0.4 is 4.74 Å². The summed E-state index contributed by atoms with van der Waals surface area (Å²) in [6.07, 6.45) is 13.9. The van der Waals surface area contributed by atoms with Gasteiger partial charge in [-0.05, 0) is 77.8 Å². The zero-order valence-corrected chi connectivity index (χ0v) is 30.2. The number of halogens is 2. The summed E-state index contributed by atoms with van der Waals surface area (Å²) in [6.45, 7) is 6.99. The highest BCUT2D eigenvalue weighted by Gasteiger charge is 2.18. The Morgan fingerprint density at radius 2 is 1.27 bits per heavy atom. The van der Waals surface area contributed by atoms with Gasteiger partial charge in [0.2, 0.25) is 0 Å². The lowest BCUT2D eigenvalue weighted by atomic mass is 9.92. The number of methoxy groups -OCH3 is 2. The molecule has 4 aromatic carbocycles. The van der Waals surface area contributed by atoms with Gasteiger partial charge in [-0.2, -0.15) is 0 Å². The zero-order chi connectivity index (χ0) is 36.7. The number of benzene rings is 4. The number of allylic oxidation sites excluding steroid dienone is 1. The molecule has 4 aromatic rings. The maximum atomic E-state index is 15.7. The minimum atomic E-state index is -0.849. The number of carbonyl (C=O) groups excluding carboxylic acids is 1. The van der Waals surface area contributed by atoms with E-state index in [-0.39, 0.29) is 11.1 Å². The Balaban J connectivity index is 0.00000166. The number of aryl methyl sites for hydroxylation is 1. The first-order valence-electron chi connectivity index (χ1n) is 17.5. The van der Waals surface area contributed by atoms with Crippen molar-refractivity contribution in [3.05, 3.63) is 125 Å². The van der Waals surface area contributed by atoms with Crippen LogP contribution in [0.4, 0.5) is 8.78 Å². The van der Waals surface area contributed by atoms with Crippen molar-refractivity contribution in [2.45, 2.75) is 58.3 Å². The van der Waals surface area contributed by atoms with Gasteiger partial charge in [0.05, 0.1) is 6.61 Å². The molecule has 0 aliphatic rings. The topological polar surface area (TPSA) is 44.8 Å². The lowest BCUT2D eigenvalue weighted by Crippen LogP contribution is -2.01. The fraction of sp³-hybridized carbons (Fsp3) is 0.311. The fourth-order valence-corrected chi connectivity index (χ4v) is 5.51. The Morgan fingerprint density at radius 3 is 1.96 bits per heavy atom. The highest BCUT2D eigenvalue weighted by Crippen LogP contribution is 2.34. The molecule has 0 aliphatic heterocycles. The highest BCUT2D eigenvalue weighted by atomic mass is 19.2. The monoisotopic (exact) mass is 692 g/mol. The van der Waals surface area contributed by atoms with Gasteiger partial charge in [-0.3, -0.25) is 4.79 Å².